The molecule has 1 amide bonds. The highest BCUT2D eigenvalue weighted by Crippen LogP contribution is 2.08. The molecule has 14 heavy (non-hydrogen) atoms. The Bertz CT molecular complexity index is 240. The Hall–Kier alpha value is -1.10. The summed E-state index contributed by atoms with van der Waals surface area (Å²) < 4.78 is 0. The van der Waals surface area contributed by atoms with Crippen molar-refractivity contribution in [1.82, 2.24) is 10.2 Å². The van der Waals surface area contributed by atoms with Crippen LogP contribution in [0, 0.1) is 0 Å². The quantitative estimate of drug-likeness (QED) is 0.654. The van der Waals surface area contributed by atoms with Crippen molar-refractivity contribution < 1.29 is 14.7 Å². The molecular formula is C9H16N2O3. The van der Waals surface area contributed by atoms with E-state index >= 15 is 0 Å². The Morgan fingerprint density at radius 1 is 1.71 bits per heavy atom. The monoisotopic (exact) mass is 200 g/mol. The van der Waals surface area contributed by atoms with Gasteiger partial charge in [0.1, 0.15) is 0 Å². The number of carboxylic acids is 1. The van der Waals surface area contributed by atoms with Gasteiger partial charge in [0.25, 0.3) is 0 Å². The maximum atomic E-state index is 11.7. The van der Waals surface area contributed by atoms with Gasteiger partial charge in [-0.3, -0.25) is 9.59 Å². The van der Waals surface area contributed by atoms with Crippen molar-refractivity contribution in [2.24, 2.45) is 0 Å². The van der Waals surface area contributed by atoms with Crippen LogP contribution in [-0.4, -0.2) is 47.1 Å². The van der Waals surface area contributed by atoms with Crippen LogP contribution in [0.4, 0.5) is 0 Å². The van der Waals surface area contributed by atoms with Gasteiger partial charge in [-0.1, -0.05) is 0 Å². The number of carboxylic acid groups (broad SMARTS) is 1. The molecule has 1 rings (SSSR count). The zero-order valence-corrected chi connectivity index (χ0v) is 8.49. The van der Waals surface area contributed by atoms with Gasteiger partial charge in [-0.15, -0.1) is 0 Å². The normalized spacial score (nSPS) is 22.9. The summed E-state index contributed by atoms with van der Waals surface area (Å²) in [5, 5.41) is 11.5. The fraction of sp³-hybridized carbons (Fsp3) is 0.778. The van der Waals surface area contributed by atoms with Gasteiger partial charge < -0.3 is 15.3 Å². The van der Waals surface area contributed by atoms with E-state index < -0.39 is 12.0 Å². The highest BCUT2D eigenvalue weighted by atomic mass is 16.4. The molecule has 1 heterocycles. The Morgan fingerprint density at radius 3 is 2.86 bits per heavy atom. The summed E-state index contributed by atoms with van der Waals surface area (Å²) in [5.41, 5.74) is 0. The summed E-state index contributed by atoms with van der Waals surface area (Å²) in [6.07, 6.45) is -0.137. The molecule has 1 fully saturated rings. The molecule has 1 aliphatic heterocycles. The van der Waals surface area contributed by atoms with Crippen LogP contribution in [0.2, 0.25) is 0 Å². The first-order chi connectivity index (χ1) is 6.52. The molecule has 0 aromatic rings. The van der Waals surface area contributed by atoms with E-state index in [1.165, 1.54) is 0 Å². The Labute approximate surface area is 83.1 Å². The number of aliphatic carboxylic acids is 1. The van der Waals surface area contributed by atoms with E-state index in [1.807, 2.05) is 13.8 Å². The van der Waals surface area contributed by atoms with Crippen molar-refractivity contribution in [3.8, 4) is 0 Å². The molecule has 0 saturated carbocycles. The minimum atomic E-state index is -0.943. The highest BCUT2D eigenvalue weighted by molar-refractivity contribution is 5.87. The van der Waals surface area contributed by atoms with Crippen LogP contribution in [0.3, 0.4) is 0 Å². The molecule has 80 valence electrons. The number of rotatable bonds is 3. The fourth-order valence-corrected chi connectivity index (χ4v) is 1.60. The number of hydrogen-bond donors (Lipinski definition) is 2. The number of amides is 1. The lowest BCUT2D eigenvalue weighted by molar-refractivity contribution is -0.145. The number of piperazine rings is 1. The van der Waals surface area contributed by atoms with E-state index in [9.17, 15) is 9.59 Å². The van der Waals surface area contributed by atoms with Crippen LogP contribution in [0.1, 0.15) is 20.3 Å². The van der Waals surface area contributed by atoms with Gasteiger partial charge in [0.15, 0.2) is 0 Å². The SMILES string of the molecule is CC(C)N1CCNC(CC(=O)O)C1=O. The number of carbonyl (C=O) groups is 2. The van der Waals surface area contributed by atoms with Crippen molar-refractivity contribution in [3.05, 3.63) is 0 Å². The summed E-state index contributed by atoms with van der Waals surface area (Å²) in [4.78, 5) is 23.9. The van der Waals surface area contributed by atoms with Crippen LogP contribution in [0.25, 0.3) is 0 Å². The molecule has 0 aromatic heterocycles. The van der Waals surface area contributed by atoms with Gasteiger partial charge in [-0.2, -0.15) is 0 Å². The van der Waals surface area contributed by atoms with Gasteiger partial charge in [-0.25, -0.2) is 0 Å². The third-order valence-corrected chi connectivity index (χ3v) is 2.33. The van der Waals surface area contributed by atoms with Crippen LogP contribution in [0.5, 0.6) is 0 Å². The molecule has 0 aromatic carbocycles. The van der Waals surface area contributed by atoms with Gasteiger partial charge in [-0.05, 0) is 13.8 Å². The van der Waals surface area contributed by atoms with E-state index in [1.54, 1.807) is 4.90 Å². The van der Waals surface area contributed by atoms with Crippen molar-refractivity contribution >= 4 is 11.9 Å². The fourth-order valence-electron chi connectivity index (χ4n) is 1.60. The lowest BCUT2D eigenvalue weighted by atomic mass is 10.1. The van der Waals surface area contributed by atoms with E-state index in [-0.39, 0.29) is 18.4 Å². The first-order valence-electron chi connectivity index (χ1n) is 4.78. The highest BCUT2D eigenvalue weighted by Gasteiger charge is 2.30. The van der Waals surface area contributed by atoms with Gasteiger partial charge in [0.2, 0.25) is 5.91 Å². The second-order valence-electron chi connectivity index (χ2n) is 3.73. The third-order valence-electron chi connectivity index (χ3n) is 2.33. The molecule has 5 heteroatoms. The molecule has 0 spiro atoms. The molecule has 1 unspecified atom stereocenters. The second-order valence-corrected chi connectivity index (χ2v) is 3.73. The molecule has 0 radical (unpaired) electrons. The van der Waals surface area contributed by atoms with Crippen molar-refractivity contribution in [1.29, 1.82) is 0 Å². The van der Waals surface area contributed by atoms with Gasteiger partial charge in [0, 0.05) is 19.1 Å². The lowest BCUT2D eigenvalue weighted by Gasteiger charge is -2.35. The standard InChI is InChI=1S/C9H16N2O3/c1-6(2)11-4-3-10-7(9(11)14)5-8(12)13/h6-7,10H,3-5H2,1-2H3,(H,12,13). The zero-order chi connectivity index (χ0) is 10.7. The topological polar surface area (TPSA) is 69.6 Å². The first-order valence-corrected chi connectivity index (χ1v) is 4.78. The van der Waals surface area contributed by atoms with E-state index in [0.717, 1.165) is 0 Å². The Kier molecular flexibility index (Phi) is 3.46. The molecule has 5 nitrogen and oxygen atoms in total. The average Bonchev–Trinajstić information content (AvgIpc) is 2.07. The molecule has 0 bridgehead atoms. The lowest BCUT2D eigenvalue weighted by Crippen LogP contribution is -2.57. The van der Waals surface area contributed by atoms with Crippen LogP contribution < -0.4 is 5.32 Å². The van der Waals surface area contributed by atoms with Crippen molar-refractivity contribution in [2.75, 3.05) is 13.1 Å². The second kappa shape index (κ2) is 4.41. The summed E-state index contributed by atoms with van der Waals surface area (Å²) in [6, 6.07) is -0.412. The molecular weight excluding hydrogens is 184 g/mol. The third kappa shape index (κ3) is 2.45. The summed E-state index contributed by atoms with van der Waals surface area (Å²) in [6.45, 7) is 5.19. The van der Waals surface area contributed by atoms with E-state index in [4.69, 9.17) is 5.11 Å². The molecule has 1 saturated heterocycles. The van der Waals surface area contributed by atoms with E-state index in [2.05, 4.69) is 5.32 Å². The number of nitrogens with zero attached hydrogens (tertiary/aromatic N) is 1. The summed E-state index contributed by atoms with van der Waals surface area (Å²) >= 11 is 0. The molecule has 1 atom stereocenters. The summed E-state index contributed by atoms with van der Waals surface area (Å²) in [7, 11) is 0. The molecule has 0 aliphatic carbocycles. The predicted molar refractivity (Wildman–Crippen MR) is 50.9 cm³/mol. The van der Waals surface area contributed by atoms with Crippen molar-refractivity contribution in [2.45, 2.75) is 32.4 Å². The van der Waals surface area contributed by atoms with Crippen LogP contribution >= 0.6 is 0 Å². The largest absolute Gasteiger partial charge is 0.481 e. The average molecular weight is 200 g/mol. The maximum Gasteiger partial charge on any atom is 0.305 e. The summed E-state index contributed by atoms with van der Waals surface area (Å²) in [5.74, 6) is -1.05. The Balaban J connectivity index is 2.61. The first kappa shape index (κ1) is 11.0. The molecule has 2 N–H and O–H groups in total. The van der Waals surface area contributed by atoms with E-state index in [0.29, 0.717) is 13.1 Å². The smallest absolute Gasteiger partial charge is 0.305 e. The van der Waals surface area contributed by atoms with Crippen LogP contribution in [0.15, 0.2) is 0 Å². The number of hydrogen-bond acceptors (Lipinski definition) is 3. The number of nitrogens with one attached hydrogen (secondary N) is 1. The maximum absolute atomic E-state index is 11.7. The van der Waals surface area contributed by atoms with Gasteiger partial charge >= 0.3 is 5.97 Å². The van der Waals surface area contributed by atoms with Crippen LogP contribution in [-0.2, 0) is 9.59 Å². The minimum Gasteiger partial charge on any atom is -0.481 e. The Morgan fingerprint density at radius 2 is 2.36 bits per heavy atom. The number of carbonyl (C=O) groups excluding carboxylic acids is 1. The van der Waals surface area contributed by atoms with Gasteiger partial charge in [0.05, 0.1) is 12.5 Å². The zero-order valence-electron chi connectivity index (χ0n) is 8.49. The molecule has 1 aliphatic rings. The van der Waals surface area contributed by atoms with Crippen molar-refractivity contribution in [3.63, 3.8) is 0 Å². The minimum absolute atomic E-state index is 0.103. The predicted octanol–water partition coefficient (Wildman–Crippen LogP) is -0.330.